The predicted molar refractivity (Wildman–Crippen MR) is 282 cm³/mol. The first-order valence-electron chi connectivity index (χ1n) is 24.0. The monoisotopic (exact) mass is 1130 g/mol. The maximum absolute atomic E-state index is 12.1. The number of aromatic carboxylic acids is 6. The second kappa shape index (κ2) is 20.2. The van der Waals surface area contributed by atoms with Crippen molar-refractivity contribution in [1.29, 1.82) is 0 Å². The van der Waals surface area contributed by atoms with E-state index in [0.29, 0.717) is 44.8 Å². The Balaban J connectivity index is 0.00000690. The van der Waals surface area contributed by atoms with Crippen molar-refractivity contribution >= 4 is 59.2 Å². The third kappa shape index (κ3) is 9.61. The Bertz CT molecular complexity index is 4100. The number of hydrogen-bond acceptors (Lipinski definition) is 13. The summed E-state index contributed by atoms with van der Waals surface area (Å²) in [6, 6.07) is 31.2. The van der Waals surface area contributed by atoms with E-state index >= 15 is 0 Å². The van der Waals surface area contributed by atoms with E-state index in [2.05, 4.69) is 0 Å². The van der Waals surface area contributed by atoms with Crippen molar-refractivity contribution in [1.82, 2.24) is 0 Å². The van der Waals surface area contributed by atoms with Crippen LogP contribution in [0.4, 0.5) is 0 Å². The fourth-order valence-electron chi connectivity index (χ4n) is 9.70. The van der Waals surface area contributed by atoms with Crippen molar-refractivity contribution in [2.24, 2.45) is 20.0 Å². The van der Waals surface area contributed by atoms with Crippen molar-refractivity contribution in [2.75, 3.05) is 0 Å². The molecule has 5 aliphatic rings. The summed E-state index contributed by atoms with van der Waals surface area (Å²) in [4.78, 5) is 92.2. The Labute approximate surface area is 466 Å². The fourth-order valence-corrected chi connectivity index (χ4v) is 9.70. The van der Waals surface area contributed by atoms with Crippen molar-refractivity contribution in [3.63, 3.8) is 0 Å². The van der Waals surface area contributed by atoms with Gasteiger partial charge in [-0.3, -0.25) is 0 Å². The van der Waals surface area contributed by atoms with Crippen molar-refractivity contribution < 1.29 is 90.7 Å². The molecule has 4 atom stereocenters. The first-order valence-corrected chi connectivity index (χ1v) is 24.0. The second-order valence-corrected chi connectivity index (χ2v) is 18.4. The van der Waals surface area contributed by atoms with E-state index in [1.807, 2.05) is 25.1 Å². The van der Waals surface area contributed by atoms with Crippen molar-refractivity contribution in [3.8, 4) is 34.5 Å². The molecule has 0 aromatic heterocycles. The number of carboxylic acids is 6. The summed E-state index contributed by atoms with van der Waals surface area (Å²) in [5.74, 6) is -7.25. The van der Waals surface area contributed by atoms with Gasteiger partial charge in [0.1, 0.15) is 34.5 Å². The molecule has 0 saturated carbocycles. The molecule has 0 amide bonds. The van der Waals surface area contributed by atoms with Crippen LogP contribution >= 0.6 is 0 Å². The number of rotatable bonds is 12. The molecule has 0 spiro atoms. The second-order valence-electron chi connectivity index (χ2n) is 18.4. The van der Waals surface area contributed by atoms with E-state index in [-0.39, 0.29) is 69.1 Å². The Morgan fingerprint density at radius 2 is 0.617 bits per heavy atom. The Hall–Kier alpha value is -10.8. The Morgan fingerprint density at radius 1 is 0.333 bits per heavy atom. The van der Waals surface area contributed by atoms with Crippen LogP contribution in [0.5, 0.6) is 34.5 Å². The summed E-state index contributed by atoms with van der Waals surface area (Å²) >= 11 is 0. The molecule has 407 valence electrons. The molecule has 8 bridgehead atoms. The minimum Gasteiger partial charge on any atom is -0.478 e. The predicted octanol–water partition coefficient (Wildman–Crippen LogP) is 11.2. The van der Waals surface area contributed by atoms with Crippen LogP contribution in [0.25, 0.3) is 21.3 Å². The molecule has 5 heterocycles. The number of benzene rings is 7. The van der Waals surface area contributed by atoms with Crippen LogP contribution in [0.15, 0.2) is 147 Å². The molecule has 81 heavy (non-hydrogen) atoms. The number of amidine groups is 4. The summed E-state index contributed by atoms with van der Waals surface area (Å²) in [6.45, 7) is 1.93. The van der Waals surface area contributed by atoms with Gasteiger partial charge >= 0.3 is 35.8 Å². The van der Waals surface area contributed by atoms with Gasteiger partial charge in [-0.05, 0) is 167 Å². The number of carboxylic acid groups (broad SMARTS) is 6. The van der Waals surface area contributed by atoms with E-state index in [4.69, 9.17) is 55.4 Å². The van der Waals surface area contributed by atoms with Crippen LogP contribution in [0, 0.1) is 6.92 Å². The molecule has 23 nitrogen and oxygen atoms in total. The summed E-state index contributed by atoms with van der Waals surface area (Å²) in [6.07, 6.45) is -3.95. The normalized spacial score (nSPS) is 17.4. The number of aryl methyl sites for hydroxylation is 1. The van der Waals surface area contributed by atoms with Gasteiger partial charge in [-0.2, -0.15) is 0 Å². The number of aliphatic imine (C=N–C) groups is 4. The zero-order valence-corrected chi connectivity index (χ0v) is 42.1. The molecule has 0 saturated heterocycles. The van der Waals surface area contributed by atoms with Gasteiger partial charge in [0, 0.05) is 17.1 Å². The third-order valence-electron chi connectivity index (χ3n) is 13.4. The molecule has 12 rings (SSSR count). The van der Waals surface area contributed by atoms with Gasteiger partial charge < -0.3 is 86.1 Å². The maximum Gasteiger partial charge on any atom is 0.336 e. The van der Waals surface area contributed by atoms with Gasteiger partial charge in [0.05, 0.1) is 33.4 Å². The quantitative estimate of drug-likeness (QED) is 0.0619. The molecule has 0 fully saturated rings. The summed E-state index contributed by atoms with van der Waals surface area (Å²) in [5.41, 5.74) is 2.45. The molecule has 24 heteroatoms. The van der Waals surface area contributed by atoms with Gasteiger partial charge in [-0.15, -0.1) is 0 Å². The van der Waals surface area contributed by atoms with E-state index < -0.39 is 93.9 Å². The van der Waals surface area contributed by atoms with E-state index in [1.165, 1.54) is 18.2 Å². The van der Waals surface area contributed by atoms with E-state index in [9.17, 15) is 59.4 Å². The maximum atomic E-state index is 12.1. The SMILES string of the molecule is Cc1ccc2c(c1)C1N=C3[N-]C(N=C4[N-]C(N=C5[N-]C(N=C2[N-]1)c1ccc(Oc2ccc(C(=O)O)c(C(=O)O)c2)cc15)c1ccc(Oc2ccc(C(=O)O)c(C(=O)O)c2)cc14)c1cc(Oc2ccc(C(=O)O)c(C(=O)O)c2)ccc13.[Cu]. The number of fused-ring (bicyclic) bond motifs is 20. The number of ether oxygens (including phenoxy) is 3. The van der Waals surface area contributed by atoms with Crippen molar-refractivity contribution in [3.05, 3.63) is 232 Å². The van der Waals surface area contributed by atoms with Gasteiger partial charge in [0.15, 0.2) is 0 Å². The van der Waals surface area contributed by atoms with Crippen LogP contribution in [-0.2, 0) is 17.1 Å². The van der Waals surface area contributed by atoms with Crippen molar-refractivity contribution in [2.45, 2.75) is 31.6 Å². The van der Waals surface area contributed by atoms with Gasteiger partial charge in [0.25, 0.3) is 0 Å². The molecule has 7 aromatic rings. The van der Waals surface area contributed by atoms with E-state index in [1.54, 1.807) is 54.6 Å². The average molecular weight is 1130 g/mol. The Kier molecular flexibility index (Phi) is 13.0. The summed E-state index contributed by atoms with van der Waals surface area (Å²) in [7, 11) is 0. The van der Waals surface area contributed by atoms with Crippen LogP contribution < -0.4 is 14.2 Å². The molecule has 7 aromatic carbocycles. The standard InChI is InChI=1S/C57H38N8O15.Cu/c1-23-2-9-30-37(16-23)48-59-44(30)58-45-31-10-3-24(78-27-6-13-34(52(66)67)41(20-27)55(72)73)17-38(31)49(61-45)62-47-33-12-5-26(80-29-8-15-36(54(70)71)43(22-29)57(76)77)19-40(33)51(64-47)65-50-39-18-25(4-11-32(39)46(60-48)63-50)79-28-7-14-35(53(68)69)42(21-28)56(74)75;/h2-22,45,47-48,50H,1H3,(H10,58,59,60,61,62,63,64,65,66,67,68,69,70,71,72,73,74,75,76,77);/p-4. The topological polar surface area (TPSA) is 357 Å². The van der Waals surface area contributed by atoms with Crippen LogP contribution in [0.3, 0.4) is 0 Å². The molecule has 5 aliphatic heterocycles. The van der Waals surface area contributed by atoms with E-state index in [0.717, 1.165) is 47.5 Å². The zero-order chi connectivity index (χ0) is 55.8. The molecule has 1 radical (unpaired) electrons. The molecule has 4 unspecified atom stereocenters. The molecular formula is C57H34CuN8O15-4. The molecule has 0 aliphatic carbocycles. The fraction of sp³-hybridized carbons (Fsp3) is 0.0877. The van der Waals surface area contributed by atoms with Crippen LogP contribution in [0.1, 0.15) is 137 Å². The summed E-state index contributed by atoms with van der Waals surface area (Å²) in [5, 5.41) is 78.5. The largest absolute Gasteiger partial charge is 0.478 e. The smallest absolute Gasteiger partial charge is 0.336 e. The minimum absolute atomic E-state index is 0. The van der Waals surface area contributed by atoms with Gasteiger partial charge in [-0.25, -0.2) is 28.8 Å². The van der Waals surface area contributed by atoms with Gasteiger partial charge in [0.2, 0.25) is 0 Å². The Morgan fingerprint density at radius 3 is 0.988 bits per heavy atom. The van der Waals surface area contributed by atoms with Gasteiger partial charge in [-0.1, -0.05) is 65.3 Å². The molecule has 6 N–H and O–H groups in total. The first kappa shape index (κ1) is 52.2. The minimum atomic E-state index is -1.49. The number of hydrogen-bond donors (Lipinski definition) is 6. The van der Waals surface area contributed by atoms with Crippen LogP contribution in [-0.4, -0.2) is 89.8 Å². The zero-order valence-electron chi connectivity index (χ0n) is 41.2. The number of nitrogens with zero attached hydrogens (tertiary/aromatic N) is 8. The average Bonchev–Trinajstić information content (AvgIpc) is 4.27. The summed E-state index contributed by atoms with van der Waals surface area (Å²) < 4.78 is 18.4. The first-order chi connectivity index (χ1) is 38.4. The number of carbonyl (C=O) groups is 6. The molecular weight excluding hydrogens is 1100 g/mol. The third-order valence-corrected chi connectivity index (χ3v) is 13.4. The van der Waals surface area contributed by atoms with Crippen LogP contribution in [0.2, 0.25) is 0 Å².